The number of halogens is 1. The highest BCUT2D eigenvalue weighted by Gasteiger charge is 2.36. The summed E-state index contributed by atoms with van der Waals surface area (Å²) in [6.07, 6.45) is 0.368. The van der Waals surface area contributed by atoms with Gasteiger partial charge < -0.3 is 10.6 Å². The third kappa shape index (κ3) is 4.69. The SMILES string of the molecule is Cc1ccc(C)c(NC(=O)C(C)(C)C(=O)NCCc2ccccc2F)c1. The van der Waals surface area contributed by atoms with E-state index in [1.54, 1.807) is 32.0 Å². The maximum atomic E-state index is 13.6. The number of benzene rings is 2. The van der Waals surface area contributed by atoms with Gasteiger partial charge in [-0.1, -0.05) is 30.3 Å². The highest BCUT2D eigenvalue weighted by Crippen LogP contribution is 2.22. The average Bonchev–Trinajstić information content (AvgIpc) is 2.59. The van der Waals surface area contributed by atoms with Crippen molar-refractivity contribution in [2.75, 3.05) is 11.9 Å². The summed E-state index contributed by atoms with van der Waals surface area (Å²) in [6.45, 7) is 7.25. The van der Waals surface area contributed by atoms with E-state index in [-0.39, 0.29) is 18.3 Å². The van der Waals surface area contributed by atoms with Gasteiger partial charge in [-0.15, -0.1) is 0 Å². The summed E-state index contributed by atoms with van der Waals surface area (Å²) in [5, 5.41) is 5.55. The van der Waals surface area contributed by atoms with E-state index >= 15 is 0 Å². The van der Waals surface area contributed by atoms with Gasteiger partial charge in [0.1, 0.15) is 11.2 Å². The van der Waals surface area contributed by atoms with Crippen molar-refractivity contribution in [2.45, 2.75) is 34.1 Å². The summed E-state index contributed by atoms with van der Waals surface area (Å²) in [6, 6.07) is 12.2. The van der Waals surface area contributed by atoms with Crippen LogP contribution in [0.3, 0.4) is 0 Å². The maximum absolute atomic E-state index is 13.6. The molecule has 0 spiro atoms. The summed E-state index contributed by atoms with van der Waals surface area (Å²) < 4.78 is 13.6. The van der Waals surface area contributed by atoms with Crippen molar-refractivity contribution in [1.29, 1.82) is 0 Å². The Morgan fingerprint density at radius 3 is 2.42 bits per heavy atom. The van der Waals surface area contributed by atoms with Crippen LogP contribution in [0.2, 0.25) is 0 Å². The minimum absolute atomic E-state index is 0.264. The predicted molar refractivity (Wildman–Crippen MR) is 101 cm³/mol. The fourth-order valence-electron chi connectivity index (χ4n) is 2.49. The van der Waals surface area contributed by atoms with E-state index in [4.69, 9.17) is 0 Å². The molecule has 2 aromatic carbocycles. The van der Waals surface area contributed by atoms with Crippen molar-refractivity contribution in [3.8, 4) is 0 Å². The van der Waals surface area contributed by atoms with E-state index in [0.29, 0.717) is 17.7 Å². The molecule has 0 aliphatic rings. The molecule has 0 atom stereocenters. The Balaban J connectivity index is 1.97. The molecule has 0 saturated carbocycles. The third-order valence-electron chi connectivity index (χ3n) is 4.41. The normalized spacial score (nSPS) is 11.1. The number of amides is 2. The number of hydrogen-bond acceptors (Lipinski definition) is 2. The molecule has 0 heterocycles. The van der Waals surface area contributed by atoms with Crippen LogP contribution < -0.4 is 10.6 Å². The first-order chi connectivity index (χ1) is 12.2. The minimum Gasteiger partial charge on any atom is -0.355 e. The highest BCUT2D eigenvalue weighted by molar-refractivity contribution is 6.10. The topological polar surface area (TPSA) is 58.2 Å². The van der Waals surface area contributed by atoms with Gasteiger partial charge in [-0.25, -0.2) is 4.39 Å². The smallest absolute Gasteiger partial charge is 0.239 e. The van der Waals surface area contributed by atoms with Crippen LogP contribution >= 0.6 is 0 Å². The summed E-state index contributed by atoms with van der Waals surface area (Å²) in [4.78, 5) is 25.1. The summed E-state index contributed by atoms with van der Waals surface area (Å²) in [5.74, 6) is -1.07. The molecule has 2 N–H and O–H groups in total. The molecule has 26 heavy (non-hydrogen) atoms. The molecule has 2 rings (SSSR count). The maximum Gasteiger partial charge on any atom is 0.239 e. The highest BCUT2D eigenvalue weighted by atomic mass is 19.1. The van der Waals surface area contributed by atoms with E-state index in [0.717, 1.165) is 11.1 Å². The van der Waals surface area contributed by atoms with Gasteiger partial charge in [0, 0.05) is 12.2 Å². The lowest BCUT2D eigenvalue weighted by Crippen LogP contribution is -2.45. The largest absolute Gasteiger partial charge is 0.355 e. The van der Waals surface area contributed by atoms with E-state index in [2.05, 4.69) is 10.6 Å². The van der Waals surface area contributed by atoms with Crippen LogP contribution in [-0.2, 0) is 16.0 Å². The van der Waals surface area contributed by atoms with Crippen molar-refractivity contribution in [3.63, 3.8) is 0 Å². The Labute approximate surface area is 153 Å². The Bertz CT molecular complexity index is 815. The molecule has 5 heteroatoms. The molecule has 0 bridgehead atoms. The van der Waals surface area contributed by atoms with Gasteiger partial charge in [-0.3, -0.25) is 9.59 Å². The van der Waals surface area contributed by atoms with Gasteiger partial charge in [0.15, 0.2) is 0 Å². The second kappa shape index (κ2) is 8.13. The van der Waals surface area contributed by atoms with Crippen molar-refractivity contribution in [3.05, 3.63) is 65.0 Å². The quantitative estimate of drug-likeness (QED) is 0.774. The van der Waals surface area contributed by atoms with Crippen molar-refractivity contribution < 1.29 is 14.0 Å². The molecular weight excluding hydrogens is 331 g/mol. The lowest BCUT2D eigenvalue weighted by molar-refractivity contribution is -0.138. The summed E-state index contributed by atoms with van der Waals surface area (Å²) >= 11 is 0. The molecule has 0 aliphatic heterocycles. The number of carbonyl (C=O) groups excluding carboxylic acids is 2. The molecule has 0 aromatic heterocycles. The molecule has 0 aliphatic carbocycles. The van der Waals surface area contributed by atoms with Crippen molar-refractivity contribution >= 4 is 17.5 Å². The first-order valence-electron chi connectivity index (χ1n) is 8.62. The number of rotatable bonds is 6. The lowest BCUT2D eigenvalue weighted by Gasteiger charge is -2.23. The number of carbonyl (C=O) groups is 2. The van der Waals surface area contributed by atoms with E-state index in [1.807, 2.05) is 32.0 Å². The molecule has 2 amide bonds. The molecule has 138 valence electrons. The zero-order valence-corrected chi connectivity index (χ0v) is 15.7. The molecular formula is C21H25FN2O2. The van der Waals surface area contributed by atoms with Crippen LogP contribution in [0.4, 0.5) is 10.1 Å². The standard InChI is InChI=1S/C21H25FN2O2/c1-14-9-10-15(2)18(13-14)24-20(26)21(3,4)19(25)23-12-11-16-7-5-6-8-17(16)22/h5-10,13H,11-12H2,1-4H3,(H,23,25)(H,24,26). The van der Waals surface area contributed by atoms with Crippen LogP contribution in [0.1, 0.15) is 30.5 Å². The minimum atomic E-state index is -1.24. The second-order valence-electron chi connectivity index (χ2n) is 6.99. The van der Waals surface area contributed by atoms with E-state index in [9.17, 15) is 14.0 Å². The predicted octanol–water partition coefficient (Wildman–Crippen LogP) is 3.77. The Hall–Kier alpha value is -2.69. The first-order valence-corrected chi connectivity index (χ1v) is 8.62. The zero-order valence-electron chi connectivity index (χ0n) is 15.7. The van der Waals surface area contributed by atoms with Gasteiger partial charge in [-0.05, 0) is 62.9 Å². The van der Waals surface area contributed by atoms with Crippen LogP contribution in [0, 0.1) is 25.1 Å². The van der Waals surface area contributed by atoms with Crippen molar-refractivity contribution in [1.82, 2.24) is 5.32 Å². The first kappa shape index (κ1) is 19.6. The second-order valence-corrected chi connectivity index (χ2v) is 6.99. The Kier molecular flexibility index (Phi) is 6.14. The number of hydrogen-bond donors (Lipinski definition) is 2. The van der Waals surface area contributed by atoms with Crippen LogP contribution in [0.15, 0.2) is 42.5 Å². The molecule has 2 aromatic rings. The average molecular weight is 356 g/mol. The molecule has 0 unspecified atom stereocenters. The molecule has 4 nitrogen and oxygen atoms in total. The van der Waals surface area contributed by atoms with Crippen LogP contribution in [0.25, 0.3) is 0 Å². The Morgan fingerprint density at radius 1 is 1.04 bits per heavy atom. The number of anilines is 1. The number of aryl methyl sites for hydroxylation is 2. The van der Waals surface area contributed by atoms with Gasteiger partial charge in [0.05, 0.1) is 0 Å². The molecule has 0 radical (unpaired) electrons. The zero-order chi connectivity index (χ0) is 19.3. The van der Waals surface area contributed by atoms with E-state index in [1.165, 1.54) is 6.07 Å². The van der Waals surface area contributed by atoms with E-state index < -0.39 is 11.3 Å². The van der Waals surface area contributed by atoms with Gasteiger partial charge in [0.25, 0.3) is 0 Å². The number of nitrogens with one attached hydrogen (secondary N) is 2. The fraction of sp³-hybridized carbons (Fsp3) is 0.333. The lowest BCUT2D eigenvalue weighted by atomic mass is 9.90. The summed E-state index contributed by atoms with van der Waals surface area (Å²) in [5.41, 5.74) is 1.94. The monoisotopic (exact) mass is 356 g/mol. The Morgan fingerprint density at radius 2 is 1.73 bits per heavy atom. The molecule has 0 saturated heterocycles. The van der Waals surface area contributed by atoms with Crippen LogP contribution in [-0.4, -0.2) is 18.4 Å². The van der Waals surface area contributed by atoms with Crippen molar-refractivity contribution in [2.24, 2.45) is 5.41 Å². The third-order valence-corrected chi connectivity index (χ3v) is 4.41. The fourth-order valence-corrected chi connectivity index (χ4v) is 2.49. The van der Waals surface area contributed by atoms with Gasteiger partial charge in [-0.2, -0.15) is 0 Å². The van der Waals surface area contributed by atoms with Crippen LogP contribution in [0.5, 0.6) is 0 Å². The summed E-state index contributed by atoms with van der Waals surface area (Å²) in [7, 11) is 0. The van der Waals surface area contributed by atoms with Gasteiger partial charge in [0.2, 0.25) is 11.8 Å². The molecule has 0 fully saturated rings. The van der Waals surface area contributed by atoms with Gasteiger partial charge >= 0.3 is 0 Å².